The van der Waals surface area contributed by atoms with E-state index in [-0.39, 0.29) is 23.4 Å². The molecule has 1 fully saturated rings. The molecule has 3 aromatic rings. The van der Waals surface area contributed by atoms with Gasteiger partial charge < -0.3 is 18.6 Å². The summed E-state index contributed by atoms with van der Waals surface area (Å²) >= 11 is 0. The molecule has 3 aromatic carbocycles. The Labute approximate surface area is 236 Å². The average molecular weight is 547 g/mol. The first kappa shape index (κ1) is 29.7. The van der Waals surface area contributed by atoms with E-state index in [0.29, 0.717) is 26.4 Å². The quantitative estimate of drug-likeness (QED) is 0.229. The summed E-state index contributed by atoms with van der Waals surface area (Å²) in [5.41, 5.74) is 1.22. The molecule has 0 N–H and O–H groups in total. The topological polar surface area (TPSA) is 36.9 Å². The molecule has 1 aliphatic rings. The molecule has 1 aliphatic carbocycles. The molecule has 0 amide bonds. The third kappa shape index (κ3) is 7.89. The predicted molar refractivity (Wildman–Crippen MR) is 162 cm³/mol. The summed E-state index contributed by atoms with van der Waals surface area (Å²) in [6.45, 7) is 11.3. The van der Waals surface area contributed by atoms with Crippen LogP contribution in [0.5, 0.6) is 0 Å². The van der Waals surface area contributed by atoms with E-state index in [2.05, 4.69) is 106 Å². The maximum Gasteiger partial charge on any atom is 0.261 e. The lowest BCUT2D eigenvalue weighted by molar-refractivity contribution is -0.0892. The molecule has 4 nitrogen and oxygen atoms in total. The zero-order valence-corrected chi connectivity index (χ0v) is 25.2. The highest BCUT2D eigenvalue weighted by molar-refractivity contribution is 6.99. The summed E-state index contributed by atoms with van der Waals surface area (Å²) in [5.74, 6) is 0. The summed E-state index contributed by atoms with van der Waals surface area (Å²) in [5, 5.41) is 2.50. The van der Waals surface area contributed by atoms with Crippen molar-refractivity contribution in [1.82, 2.24) is 0 Å². The lowest BCUT2D eigenvalue weighted by Crippen LogP contribution is -2.67. The number of hydrogen-bond acceptors (Lipinski definition) is 4. The lowest BCUT2D eigenvalue weighted by Gasteiger charge is -2.43. The fourth-order valence-electron chi connectivity index (χ4n) is 5.80. The van der Waals surface area contributed by atoms with Crippen molar-refractivity contribution in [2.24, 2.45) is 0 Å². The van der Waals surface area contributed by atoms with Gasteiger partial charge in [-0.2, -0.15) is 0 Å². The third-order valence-corrected chi connectivity index (χ3v) is 12.7. The van der Waals surface area contributed by atoms with E-state index in [1.165, 1.54) is 15.9 Å². The van der Waals surface area contributed by atoms with Crippen LogP contribution in [-0.4, -0.2) is 46.4 Å². The molecule has 1 saturated carbocycles. The van der Waals surface area contributed by atoms with Gasteiger partial charge in [0.15, 0.2) is 0 Å². The Balaban J connectivity index is 1.42. The second-order valence-electron chi connectivity index (χ2n) is 11.6. The van der Waals surface area contributed by atoms with Gasteiger partial charge in [-0.3, -0.25) is 0 Å². The molecule has 3 atom stereocenters. The minimum Gasteiger partial charge on any atom is -0.405 e. The summed E-state index contributed by atoms with van der Waals surface area (Å²) in [6.07, 6.45) is 4.53. The molecule has 4 rings (SSSR count). The van der Waals surface area contributed by atoms with Crippen molar-refractivity contribution in [1.29, 1.82) is 0 Å². The van der Waals surface area contributed by atoms with E-state index >= 15 is 0 Å². The molecule has 0 spiro atoms. The van der Waals surface area contributed by atoms with E-state index in [1.807, 2.05) is 13.0 Å². The number of ether oxygens (including phenoxy) is 3. The molecule has 39 heavy (non-hydrogen) atoms. The fraction of sp³-hybridized carbons (Fsp3) is 0.471. The second-order valence-corrected chi connectivity index (χ2v) is 15.9. The van der Waals surface area contributed by atoms with E-state index in [4.69, 9.17) is 18.6 Å². The van der Waals surface area contributed by atoms with Crippen molar-refractivity contribution < 1.29 is 18.6 Å². The normalized spacial score (nSPS) is 19.1. The van der Waals surface area contributed by atoms with Crippen molar-refractivity contribution in [3.05, 3.63) is 96.6 Å². The van der Waals surface area contributed by atoms with Crippen molar-refractivity contribution >= 4 is 18.7 Å². The maximum atomic E-state index is 7.14. The van der Waals surface area contributed by atoms with Gasteiger partial charge in [-0.05, 0) is 53.6 Å². The summed E-state index contributed by atoms with van der Waals surface area (Å²) in [6, 6.07) is 32.0. The molecule has 5 heteroatoms. The Kier molecular flexibility index (Phi) is 10.9. The van der Waals surface area contributed by atoms with E-state index in [9.17, 15) is 0 Å². The number of rotatable bonds is 13. The summed E-state index contributed by atoms with van der Waals surface area (Å²) < 4.78 is 26.0. The zero-order valence-electron chi connectivity index (χ0n) is 24.2. The highest BCUT2D eigenvalue weighted by atomic mass is 28.4. The number of hydrogen-bond donors (Lipinski definition) is 0. The first-order chi connectivity index (χ1) is 18.9. The van der Waals surface area contributed by atoms with Gasteiger partial charge >= 0.3 is 0 Å². The van der Waals surface area contributed by atoms with Crippen molar-refractivity contribution in [2.75, 3.05) is 19.8 Å². The summed E-state index contributed by atoms with van der Waals surface area (Å²) in [4.78, 5) is 0. The molecular formula is C34H46O4Si. The fourth-order valence-corrected chi connectivity index (χ4v) is 10.4. The van der Waals surface area contributed by atoms with Crippen LogP contribution in [0.1, 0.15) is 58.9 Å². The SMILES string of the molecule is CCOC(CO[C@H]1CCC[C@@H](OCc2ccccc2)C1)CO[Si](c1ccccc1)(c1ccccc1)C(C)(C)C. The average Bonchev–Trinajstić information content (AvgIpc) is 2.96. The molecule has 0 heterocycles. The van der Waals surface area contributed by atoms with Crippen LogP contribution in [0.25, 0.3) is 0 Å². The van der Waals surface area contributed by atoms with Crippen LogP contribution in [0.4, 0.5) is 0 Å². The van der Waals surface area contributed by atoms with Crippen LogP contribution < -0.4 is 10.4 Å². The van der Waals surface area contributed by atoms with Crippen LogP contribution in [-0.2, 0) is 25.2 Å². The van der Waals surface area contributed by atoms with Gasteiger partial charge in [-0.15, -0.1) is 0 Å². The Hall–Kier alpha value is -2.28. The van der Waals surface area contributed by atoms with Gasteiger partial charge in [-0.1, -0.05) is 112 Å². The Morgan fingerprint density at radius 2 is 1.28 bits per heavy atom. The highest BCUT2D eigenvalue weighted by Gasteiger charge is 2.50. The molecule has 0 saturated heterocycles. The van der Waals surface area contributed by atoms with E-state index in [1.54, 1.807) is 0 Å². The van der Waals surface area contributed by atoms with Gasteiger partial charge in [-0.25, -0.2) is 0 Å². The van der Waals surface area contributed by atoms with Crippen LogP contribution in [0.15, 0.2) is 91.0 Å². The second kappa shape index (κ2) is 14.4. The molecule has 0 aromatic heterocycles. The first-order valence-electron chi connectivity index (χ1n) is 14.6. The molecule has 210 valence electrons. The predicted octanol–water partition coefficient (Wildman–Crippen LogP) is 6.51. The van der Waals surface area contributed by atoms with Crippen molar-refractivity contribution in [3.8, 4) is 0 Å². The zero-order chi connectivity index (χ0) is 27.6. The van der Waals surface area contributed by atoms with Gasteiger partial charge in [0, 0.05) is 6.61 Å². The van der Waals surface area contributed by atoms with Crippen LogP contribution in [0, 0.1) is 0 Å². The van der Waals surface area contributed by atoms with Gasteiger partial charge in [0.25, 0.3) is 8.32 Å². The lowest BCUT2D eigenvalue weighted by atomic mass is 9.95. The smallest absolute Gasteiger partial charge is 0.261 e. The van der Waals surface area contributed by atoms with Gasteiger partial charge in [0.05, 0.1) is 32.0 Å². The molecule has 0 bridgehead atoms. The monoisotopic (exact) mass is 546 g/mol. The Morgan fingerprint density at radius 1 is 0.744 bits per heavy atom. The third-order valence-electron chi connectivity index (χ3n) is 7.73. The standard InChI is InChI=1S/C34H46O4Si/c1-5-35-31(26-37-30-19-15-18-29(24-30)36-25-28-16-9-6-10-17-28)27-38-39(34(2,3)4,32-20-11-7-12-21-32)33-22-13-8-14-23-33/h6-14,16-17,20-23,29-31H,5,15,18-19,24-27H2,1-4H3/t29-,30+,31?/m1/s1. The van der Waals surface area contributed by atoms with Crippen LogP contribution >= 0.6 is 0 Å². The Morgan fingerprint density at radius 3 is 1.82 bits per heavy atom. The largest absolute Gasteiger partial charge is 0.405 e. The van der Waals surface area contributed by atoms with Crippen molar-refractivity contribution in [2.45, 2.75) is 83.3 Å². The molecule has 0 radical (unpaired) electrons. The maximum absolute atomic E-state index is 7.14. The minimum atomic E-state index is -2.62. The van der Waals surface area contributed by atoms with E-state index in [0.717, 1.165) is 25.7 Å². The Bertz CT molecular complexity index is 1040. The molecule has 0 aliphatic heterocycles. The number of benzene rings is 3. The van der Waals surface area contributed by atoms with E-state index < -0.39 is 8.32 Å². The van der Waals surface area contributed by atoms with Crippen molar-refractivity contribution in [3.63, 3.8) is 0 Å². The van der Waals surface area contributed by atoms with Gasteiger partial charge in [0.2, 0.25) is 0 Å². The van der Waals surface area contributed by atoms with Crippen LogP contribution in [0.3, 0.4) is 0 Å². The minimum absolute atomic E-state index is 0.0694. The first-order valence-corrected chi connectivity index (χ1v) is 16.5. The summed E-state index contributed by atoms with van der Waals surface area (Å²) in [7, 11) is -2.62. The molecule has 1 unspecified atom stereocenters. The van der Waals surface area contributed by atoms with Crippen LogP contribution in [0.2, 0.25) is 5.04 Å². The van der Waals surface area contributed by atoms with Gasteiger partial charge in [0.1, 0.15) is 6.10 Å². The molecular weight excluding hydrogens is 500 g/mol. The highest BCUT2D eigenvalue weighted by Crippen LogP contribution is 2.37.